The highest BCUT2D eigenvalue weighted by molar-refractivity contribution is 5.88. The summed E-state index contributed by atoms with van der Waals surface area (Å²) in [5.74, 6) is -4.34. The van der Waals surface area contributed by atoms with Gasteiger partial charge >= 0.3 is 6.04 Å². The quantitative estimate of drug-likeness (QED) is 0.366. The number of carbonyl (C=O) groups excluding carboxylic acids is 1. The molecule has 1 aromatic rings. The van der Waals surface area contributed by atoms with Crippen LogP contribution in [0.25, 0.3) is 0 Å². The summed E-state index contributed by atoms with van der Waals surface area (Å²) in [4.78, 5) is 9.93. The number of hydrogen-bond donors (Lipinski definition) is 0. The molecule has 0 saturated heterocycles. The van der Waals surface area contributed by atoms with Gasteiger partial charge in [-0.1, -0.05) is 0 Å². The van der Waals surface area contributed by atoms with Crippen LogP contribution in [0, 0.1) is 17.5 Å². The summed E-state index contributed by atoms with van der Waals surface area (Å²) in [7, 11) is 0. The van der Waals surface area contributed by atoms with Gasteiger partial charge in [-0.05, 0) is 6.07 Å². The summed E-state index contributed by atoms with van der Waals surface area (Å²) in [6, 6.07) is -1.85. The molecule has 64 valence electrons. The molecule has 0 N–H and O–H groups in total. The van der Waals surface area contributed by atoms with Crippen molar-refractivity contribution in [1.82, 2.24) is 0 Å². The second-order valence-electron chi connectivity index (χ2n) is 2.02. The van der Waals surface area contributed by atoms with E-state index in [9.17, 15) is 22.4 Å². The lowest BCUT2D eigenvalue weighted by Gasteiger charge is -1.96. The predicted octanol–water partition coefficient (Wildman–Crippen LogP) is 2.21. The van der Waals surface area contributed by atoms with Crippen molar-refractivity contribution < 1.29 is 22.4 Å². The third-order valence-corrected chi connectivity index (χ3v) is 1.22. The van der Waals surface area contributed by atoms with Crippen molar-refractivity contribution >= 4 is 6.04 Å². The molecular weight excluding hydrogens is 176 g/mol. The molecule has 0 spiro atoms. The van der Waals surface area contributed by atoms with Crippen LogP contribution in [0.5, 0.6) is 0 Å². The van der Waals surface area contributed by atoms with Crippen molar-refractivity contribution in [3.8, 4) is 0 Å². The van der Waals surface area contributed by atoms with Crippen molar-refractivity contribution in [1.29, 1.82) is 0 Å². The Kier molecular flexibility index (Phi) is 2.12. The molecule has 0 radical (unpaired) electrons. The van der Waals surface area contributed by atoms with Crippen molar-refractivity contribution in [2.75, 3.05) is 0 Å². The van der Waals surface area contributed by atoms with Crippen molar-refractivity contribution in [3.05, 3.63) is 35.1 Å². The van der Waals surface area contributed by atoms with E-state index in [1.165, 1.54) is 0 Å². The molecule has 0 heterocycles. The molecule has 0 atom stereocenters. The number of carbonyl (C=O) groups is 1. The van der Waals surface area contributed by atoms with Crippen LogP contribution in [0.3, 0.4) is 0 Å². The summed E-state index contributed by atoms with van der Waals surface area (Å²) in [5, 5.41) is 0. The van der Waals surface area contributed by atoms with E-state index in [2.05, 4.69) is 0 Å². The van der Waals surface area contributed by atoms with Crippen LogP contribution in [0.1, 0.15) is 10.4 Å². The van der Waals surface area contributed by atoms with Gasteiger partial charge in [0, 0.05) is 6.07 Å². The SMILES string of the molecule is O=C(F)c1cc(F)c(F)cc1F. The van der Waals surface area contributed by atoms with E-state index in [0.717, 1.165) is 0 Å². The third-order valence-electron chi connectivity index (χ3n) is 1.22. The van der Waals surface area contributed by atoms with Gasteiger partial charge in [0.1, 0.15) is 5.82 Å². The fourth-order valence-electron chi connectivity index (χ4n) is 0.673. The van der Waals surface area contributed by atoms with E-state index >= 15 is 0 Å². The third kappa shape index (κ3) is 1.44. The first kappa shape index (κ1) is 8.70. The van der Waals surface area contributed by atoms with Crippen molar-refractivity contribution in [3.63, 3.8) is 0 Å². The standard InChI is InChI=1S/C7H2F4O/c8-4-2-6(10)5(9)1-3(4)7(11)12/h1-2H. The fraction of sp³-hybridized carbons (Fsp3) is 0. The summed E-state index contributed by atoms with van der Waals surface area (Å²) >= 11 is 0. The van der Waals surface area contributed by atoms with Gasteiger partial charge in [-0.3, -0.25) is 4.79 Å². The maximum Gasteiger partial charge on any atom is 0.335 e. The van der Waals surface area contributed by atoms with Crippen LogP contribution in [0.2, 0.25) is 0 Å². The van der Waals surface area contributed by atoms with Gasteiger partial charge < -0.3 is 0 Å². The lowest BCUT2D eigenvalue weighted by molar-refractivity contribution is 0.0830. The minimum atomic E-state index is -2.13. The lowest BCUT2D eigenvalue weighted by Crippen LogP contribution is -1.98. The highest BCUT2D eigenvalue weighted by Crippen LogP contribution is 2.14. The van der Waals surface area contributed by atoms with Gasteiger partial charge in [0.2, 0.25) is 0 Å². The molecular formula is C7H2F4O. The summed E-state index contributed by atoms with van der Waals surface area (Å²) in [6.07, 6.45) is 0. The van der Waals surface area contributed by atoms with Crippen LogP contribution in [0.15, 0.2) is 12.1 Å². The Morgan fingerprint density at radius 3 is 2.00 bits per heavy atom. The molecule has 0 amide bonds. The first-order chi connectivity index (χ1) is 5.52. The largest absolute Gasteiger partial charge is 0.335 e. The Bertz CT molecular complexity index is 334. The van der Waals surface area contributed by atoms with Crippen LogP contribution in [-0.2, 0) is 0 Å². The van der Waals surface area contributed by atoms with E-state index in [1.807, 2.05) is 0 Å². The maximum atomic E-state index is 12.4. The Balaban J connectivity index is 3.33. The smallest absolute Gasteiger partial charge is 0.255 e. The Hall–Kier alpha value is -1.39. The molecule has 0 aliphatic heterocycles. The minimum absolute atomic E-state index is 0.113. The molecule has 1 aromatic carbocycles. The highest BCUT2D eigenvalue weighted by atomic mass is 19.2. The van der Waals surface area contributed by atoms with Crippen LogP contribution in [0.4, 0.5) is 17.6 Å². The van der Waals surface area contributed by atoms with E-state index in [0.29, 0.717) is 0 Å². The van der Waals surface area contributed by atoms with Crippen LogP contribution < -0.4 is 0 Å². The first-order valence-electron chi connectivity index (χ1n) is 2.86. The molecule has 0 aliphatic carbocycles. The Morgan fingerprint density at radius 1 is 1.00 bits per heavy atom. The molecule has 0 fully saturated rings. The van der Waals surface area contributed by atoms with Gasteiger partial charge in [0.05, 0.1) is 5.56 Å². The van der Waals surface area contributed by atoms with E-state index < -0.39 is 29.1 Å². The summed E-state index contributed by atoms with van der Waals surface area (Å²) in [6.45, 7) is 0. The van der Waals surface area contributed by atoms with Gasteiger partial charge in [-0.15, -0.1) is 0 Å². The molecule has 1 nitrogen and oxygen atoms in total. The second-order valence-corrected chi connectivity index (χ2v) is 2.02. The fourth-order valence-corrected chi connectivity index (χ4v) is 0.673. The number of benzene rings is 1. The zero-order valence-corrected chi connectivity index (χ0v) is 5.57. The monoisotopic (exact) mass is 178 g/mol. The molecule has 5 heteroatoms. The topological polar surface area (TPSA) is 17.1 Å². The molecule has 0 aromatic heterocycles. The van der Waals surface area contributed by atoms with E-state index in [4.69, 9.17) is 0 Å². The Morgan fingerprint density at radius 2 is 1.50 bits per heavy atom. The second kappa shape index (κ2) is 2.92. The average Bonchev–Trinajstić information content (AvgIpc) is 1.96. The molecule has 0 bridgehead atoms. The summed E-state index contributed by atoms with van der Waals surface area (Å²) in [5.41, 5.74) is -1.10. The van der Waals surface area contributed by atoms with Crippen molar-refractivity contribution in [2.45, 2.75) is 0 Å². The van der Waals surface area contributed by atoms with Gasteiger partial charge in [-0.25, -0.2) is 13.2 Å². The molecule has 0 saturated carbocycles. The minimum Gasteiger partial charge on any atom is -0.255 e. The van der Waals surface area contributed by atoms with Crippen molar-refractivity contribution in [2.24, 2.45) is 0 Å². The van der Waals surface area contributed by atoms with Gasteiger partial charge in [-0.2, -0.15) is 4.39 Å². The van der Waals surface area contributed by atoms with Gasteiger partial charge in [0.15, 0.2) is 11.6 Å². The number of rotatable bonds is 1. The van der Waals surface area contributed by atoms with Crippen LogP contribution in [-0.4, -0.2) is 6.04 Å². The molecule has 0 unspecified atom stereocenters. The zero-order valence-electron chi connectivity index (χ0n) is 5.57. The Labute approximate surface area is 64.6 Å². The first-order valence-corrected chi connectivity index (χ1v) is 2.86. The average molecular weight is 178 g/mol. The normalized spacial score (nSPS) is 10.0. The van der Waals surface area contributed by atoms with Crippen LogP contribution >= 0.6 is 0 Å². The number of hydrogen-bond acceptors (Lipinski definition) is 1. The maximum absolute atomic E-state index is 12.4. The summed E-state index contributed by atoms with van der Waals surface area (Å²) < 4.78 is 48.7. The predicted molar refractivity (Wildman–Crippen MR) is 31.8 cm³/mol. The highest BCUT2D eigenvalue weighted by Gasteiger charge is 2.15. The molecule has 0 aliphatic rings. The number of halogens is 4. The van der Waals surface area contributed by atoms with E-state index in [-0.39, 0.29) is 12.1 Å². The zero-order chi connectivity index (χ0) is 9.30. The van der Waals surface area contributed by atoms with E-state index in [1.54, 1.807) is 0 Å². The lowest BCUT2D eigenvalue weighted by atomic mass is 10.2. The van der Waals surface area contributed by atoms with Gasteiger partial charge in [0.25, 0.3) is 0 Å². The molecule has 1 rings (SSSR count). The molecule has 12 heavy (non-hydrogen) atoms.